The van der Waals surface area contributed by atoms with Gasteiger partial charge in [0.25, 0.3) is 0 Å². The Morgan fingerprint density at radius 2 is 1.21 bits per heavy atom. The minimum Gasteiger partial charge on any atom is -0.832 e. The van der Waals surface area contributed by atoms with Gasteiger partial charge >= 0.3 is 38.1 Å². The van der Waals surface area contributed by atoms with Crippen LogP contribution in [0.5, 0.6) is 0 Å². The molecule has 0 saturated heterocycles. The summed E-state index contributed by atoms with van der Waals surface area (Å²) in [5.41, 5.74) is 0. The van der Waals surface area contributed by atoms with Gasteiger partial charge in [0.15, 0.2) is 0 Å². The zero-order valence-corrected chi connectivity index (χ0v) is 10.8. The third-order valence-corrected chi connectivity index (χ3v) is 1.38. The Hall–Kier alpha value is -1.06. The van der Waals surface area contributed by atoms with Gasteiger partial charge in [-0.3, -0.25) is 0 Å². The fourth-order valence-corrected chi connectivity index (χ4v) is 0.574. The molecular formula is C4H4BLiN2O9S2. The van der Waals surface area contributed by atoms with E-state index in [1.54, 1.807) is 0 Å². The molecule has 100 valence electrons. The van der Waals surface area contributed by atoms with Crippen LogP contribution in [-0.4, -0.2) is 51.7 Å². The molecule has 0 spiro atoms. The predicted molar refractivity (Wildman–Crippen MR) is 56.9 cm³/mol. The first-order valence-electron chi connectivity index (χ1n) is 3.24. The van der Waals surface area contributed by atoms with Crippen LogP contribution in [-0.2, 0) is 19.2 Å². The van der Waals surface area contributed by atoms with Crippen LogP contribution in [0.25, 0.3) is 0 Å². The van der Waals surface area contributed by atoms with Crippen molar-refractivity contribution < 1.29 is 63.3 Å². The van der Waals surface area contributed by atoms with Crippen molar-refractivity contribution in [3.8, 4) is 0 Å². The number of aliphatic carboxylic acids is 2. The number of carbonyl (C=O) groups is 2. The van der Waals surface area contributed by atoms with Crippen LogP contribution in [0.15, 0.2) is 8.80 Å². The van der Waals surface area contributed by atoms with E-state index >= 15 is 0 Å². The standard InChI is InChI=1S/C2N2O2S2.C2H2O4.BH2O3.Li/c5-1-3-7-8-4-2-6;3-1(4)2(5)6;2-1(3)4;/h;(H,3,4)(H,5,6);2-3H;/q;;-1;+1. The molecule has 0 aliphatic heterocycles. The number of isocyanates is 2. The first-order valence-corrected chi connectivity index (χ1v) is 5.31. The Morgan fingerprint density at radius 3 is 1.32 bits per heavy atom. The molecule has 0 aromatic heterocycles. The summed E-state index contributed by atoms with van der Waals surface area (Å²) in [5, 5.41) is 37.5. The second-order valence-electron chi connectivity index (χ2n) is 1.45. The van der Waals surface area contributed by atoms with Crippen LogP contribution in [0.1, 0.15) is 0 Å². The molecule has 0 rings (SSSR count). The number of nitrogens with zero attached hydrogens (tertiary/aromatic N) is 2. The van der Waals surface area contributed by atoms with E-state index in [1.165, 1.54) is 12.2 Å². The molecule has 0 saturated carbocycles. The van der Waals surface area contributed by atoms with Gasteiger partial charge < -0.3 is 25.3 Å². The second-order valence-corrected chi connectivity index (χ2v) is 3.01. The number of rotatable bonds is 3. The van der Waals surface area contributed by atoms with Crippen molar-refractivity contribution in [1.82, 2.24) is 0 Å². The molecular weight excluding hydrogens is 302 g/mol. The first-order chi connectivity index (χ1) is 8.29. The third-order valence-electron chi connectivity index (χ3n) is 0.365. The molecule has 0 fully saturated rings. The van der Waals surface area contributed by atoms with Gasteiger partial charge in [-0.15, -0.1) is 8.80 Å². The fraction of sp³-hybridized carbons (Fsp3) is 0. The predicted octanol–water partition coefficient (Wildman–Crippen LogP) is -5.65. The van der Waals surface area contributed by atoms with Crippen molar-refractivity contribution in [2.24, 2.45) is 8.80 Å². The molecule has 19 heavy (non-hydrogen) atoms. The van der Waals surface area contributed by atoms with Crippen molar-refractivity contribution in [2.45, 2.75) is 0 Å². The van der Waals surface area contributed by atoms with E-state index in [9.17, 15) is 9.59 Å². The average molecular weight is 306 g/mol. The van der Waals surface area contributed by atoms with Gasteiger partial charge in [-0.05, 0) is 0 Å². The molecule has 4 N–H and O–H groups in total. The quantitative estimate of drug-likeness (QED) is 0.0737. The molecule has 0 heterocycles. The van der Waals surface area contributed by atoms with Crippen LogP contribution < -0.4 is 23.9 Å². The molecule has 11 nitrogen and oxygen atoms in total. The maximum Gasteiger partial charge on any atom is 1.00 e. The summed E-state index contributed by atoms with van der Waals surface area (Å²) in [6, 6.07) is 0. The van der Waals surface area contributed by atoms with Gasteiger partial charge in [0.05, 0.1) is 22.0 Å². The van der Waals surface area contributed by atoms with Crippen molar-refractivity contribution in [3.63, 3.8) is 0 Å². The van der Waals surface area contributed by atoms with Gasteiger partial charge in [0.1, 0.15) is 0 Å². The van der Waals surface area contributed by atoms with Gasteiger partial charge in [-0.25, -0.2) is 19.2 Å². The average Bonchev–Trinajstić information content (AvgIpc) is 2.24. The van der Waals surface area contributed by atoms with Gasteiger partial charge in [0.2, 0.25) is 12.2 Å². The Bertz CT molecular complexity index is 310. The minimum atomic E-state index is -2.42. The third kappa shape index (κ3) is 60.0. The normalized spacial score (nSPS) is 6.47. The molecule has 0 radical (unpaired) electrons. The molecule has 15 heteroatoms. The summed E-state index contributed by atoms with van der Waals surface area (Å²) in [4.78, 5) is 36.8. The van der Waals surface area contributed by atoms with E-state index in [0.717, 1.165) is 22.0 Å². The number of hydrogen-bond donors (Lipinski definition) is 4. The molecule has 0 atom stereocenters. The van der Waals surface area contributed by atoms with Gasteiger partial charge in [-0.2, -0.15) is 0 Å². The summed E-state index contributed by atoms with van der Waals surface area (Å²) in [5.74, 6) is -3.65. The van der Waals surface area contributed by atoms with Crippen molar-refractivity contribution >= 4 is 53.4 Å². The van der Waals surface area contributed by atoms with E-state index < -0.39 is 19.3 Å². The van der Waals surface area contributed by atoms with Crippen LogP contribution in [0, 0.1) is 0 Å². The van der Waals surface area contributed by atoms with Crippen molar-refractivity contribution in [2.75, 3.05) is 0 Å². The molecule has 0 amide bonds. The molecule has 0 unspecified atom stereocenters. The van der Waals surface area contributed by atoms with Crippen LogP contribution in [0.3, 0.4) is 0 Å². The fourth-order valence-electron chi connectivity index (χ4n) is 0.0638. The van der Waals surface area contributed by atoms with Gasteiger partial charge in [-0.1, -0.05) is 0 Å². The number of carboxylic acids is 2. The summed E-state index contributed by atoms with van der Waals surface area (Å²) >= 11 is 0. The number of carboxylic acid groups (broad SMARTS) is 2. The zero-order valence-electron chi connectivity index (χ0n) is 9.12. The van der Waals surface area contributed by atoms with E-state index in [1.807, 2.05) is 0 Å². The van der Waals surface area contributed by atoms with E-state index in [0.29, 0.717) is 0 Å². The SMILES string of the molecule is O=C(O)C(=O)O.O=C=NSSN=C=O.[Li+].[O-]B(O)O. The Balaban J connectivity index is -0.0000000916. The molecule has 0 aromatic rings. The molecule has 0 aliphatic rings. The Kier molecular flexibility index (Phi) is 30.9. The van der Waals surface area contributed by atoms with Gasteiger partial charge in [0, 0.05) is 0 Å². The second kappa shape index (κ2) is 22.2. The van der Waals surface area contributed by atoms with Crippen LogP contribution in [0.4, 0.5) is 0 Å². The smallest absolute Gasteiger partial charge is 0.832 e. The summed E-state index contributed by atoms with van der Waals surface area (Å²) in [7, 11) is -0.883. The molecule has 0 aliphatic carbocycles. The zero-order chi connectivity index (χ0) is 15.0. The molecule has 0 aromatic carbocycles. The minimum absolute atomic E-state index is 0. The maximum atomic E-state index is 9.30. The molecule has 0 bridgehead atoms. The summed E-state index contributed by atoms with van der Waals surface area (Å²) < 4.78 is 6.02. The Labute approximate surface area is 125 Å². The topological polar surface area (TPSA) is 197 Å². The monoisotopic (exact) mass is 306 g/mol. The van der Waals surface area contributed by atoms with Crippen LogP contribution >= 0.6 is 22.0 Å². The number of hydrogen-bond acceptors (Lipinski definition) is 11. The summed E-state index contributed by atoms with van der Waals surface area (Å²) in [6.07, 6.45) is 2.51. The summed E-state index contributed by atoms with van der Waals surface area (Å²) in [6.45, 7) is 0. The van der Waals surface area contributed by atoms with Crippen molar-refractivity contribution in [1.29, 1.82) is 0 Å². The van der Waals surface area contributed by atoms with E-state index in [2.05, 4.69) is 8.80 Å². The van der Waals surface area contributed by atoms with E-state index in [4.69, 9.17) is 34.9 Å². The number of carbonyl (C=O) groups excluding carboxylic acids is 2. The largest absolute Gasteiger partial charge is 1.00 e. The van der Waals surface area contributed by atoms with Crippen LogP contribution in [0.2, 0.25) is 0 Å². The maximum absolute atomic E-state index is 9.30. The van der Waals surface area contributed by atoms with E-state index in [-0.39, 0.29) is 18.9 Å². The first kappa shape index (κ1) is 26.5. The Morgan fingerprint density at radius 1 is 1.00 bits per heavy atom. The van der Waals surface area contributed by atoms with Crippen molar-refractivity contribution in [3.05, 3.63) is 0 Å².